The van der Waals surface area contributed by atoms with E-state index in [4.69, 9.17) is 2.74 Å². The monoisotopic (exact) mass is 1620 g/mol. The number of hydrogen-bond acceptors (Lipinski definition) is 2. The van der Waals surface area contributed by atoms with Crippen LogP contribution in [0.1, 0.15) is 82.8 Å². The average Bonchev–Trinajstić information content (AvgIpc) is 1.54. The van der Waals surface area contributed by atoms with E-state index in [0.29, 0.717) is 83.8 Å². The number of para-hydroxylation sites is 2. The molecule has 0 amide bonds. The summed E-state index contributed by atoms with van der Waals surface area (Å²) in [4.78, 5) is 3.96. The van der Waals surface area contributed by atoms with Crippen molar-refractivity contribution in [2.75, 3.05) is 9.80 Å². The minimum absolute atomic E-state index is 0.0136. The summed E-state index contributed by atoms with van der Waals surface area (Å²) in [7, 11) is 0. The molecule has 0 fully saturated rings. The zero-order valence-corrected chi connectivity index (χ0v) is 66.6. The fourth-order valence-corrected chi connectivity index (χ4v) is 21.8. The van der Waals surface area contributed by atoms with Crippen LogP contribution in [0.4, 0.5) is 34.1 Å². The summed E-state index contributed by atoms with van der Waals surface area (Å²) in [5.74, 6) is 0. The predicted molar refractivity (Wildman–Crippen MR) is 493 cm³/mol. The molecule has 4 nitrogen and oxygen atoms in total. The molecule has 115 heavy (non-hydrogen) atoms. The molecule has 16 aromatic carbocycles. The maximum absolute atomic E-state index is 12.2. The molecule has 0 bridgehead atoms. The molecule has 2 aliphatic rings. The first-order chi connectivity index (χ1) is 65.5. The summed E-state index contributed by atoms with van der Waals surface area (Å²) in [6, 6.07) is 65.5. The van der Waals surface area contributed by atoms with Gasteiger partial charge in [0.15, 0.2) is 0 Å². The van der Waals surface area contributed by atoms with E-state index in [1.807, 2.05) is 204 Å². The van der Waals surface area contributed by atoms with E-state index in [1.54, 1.807) is 0 Å². The van der Waals surface area contributed by atoms with Gasteiger partial charge in [0, 0.05) is 0 Å². The first-order valence-corrected chi connectivity index (χ1v) is 41.7. The molecule has 0 N–H and O–H groups in total. The van der Waals surface area contributed by atoms with E-state index < -0.39 is 167 Å². The van der Waals surface area contributed by atoms with Crippen LogP contribution in [-0.2, 0) is 10.8 Å². The molecule has 0 saturated carbocycles. The third-order valence-corrected chi connectivity index (χ3v) is 27.1. The standard InChI is InChI=1S/C108H79BN4Se2/c1-107(2,3)78-62-86(70-37-17-9-18-38-70)103(87(63-78)71-39-19-10-20-40-71)112-94-66-80(110-92-49-29-25-45-82(92)100-84-47-27-31-51-98(84)114-105(100)110)53-55-90(94)109-91-56-54-81(111-93-50-30-26-46-83(93)101-85-48-28-32-52-99(85)115-106(101)111)67-95(91)113(104-88(72-41-21-11-22-42-72)64-79(108(4,5)6)65-89(104)73-43-23-12-24-44-73)97-61-77(60-96(112)102(97)109)76-58-74(68-33-13-7-14-34-68)57-75(59-76)69-35-15-8-16-36-69/h7-67H,1-6H3/i25D,26D,27D,28D,29D,30D,31D,32D,45D,46D,47D,48D,49D,50D,51D,52D,53D,54D,55D,56D,66D,67D. The van der Waals surface area contributed by atoms with Crippen LogP contribution in [0.2, 0.25) is 0 Å². The molecule has 7 heteroatoms. The molecule has 0 aliphatic carbocycles. The quantitative estimate of drug-likeness (QED) is 0.120. The second kappa shape index (κ2) is 27.0. The van der Waals surface area contributed by atoms with E-state index in [0.717, 1.165) is 33.4 Å². The molecule has 0 saturated heterocycles. The molecule has 0 unspecified atom stereocenters. The van der Waals surface area contributed by atoms with Crippen molar-refractivity contribution in [2.45, 2.75) is 52.4 Å². The van der Waals surface area contributed by atoms with Crippen molar-refractivity contribution in [3.63, 3.8) is 0 Å². The third-order valence-electron chi connectivity index (χ3n) is 22.5. The van der Waals surface area contributed by atoms with Crippen LogP contribution in [-0.4, -0.2) is 44.9 Å². The van der Waals surface area contributed by atoms with Crippen molar-refractivity contribution in [3.8, 4) is 89.3 Å². The van der Waals surface area contributed by atoms with Crippen LogP contribution >= 0.6 is 0 Å². The molecular formula is C108H79BN4Se2. The number of nitrogens with zero attached hydrogens (tertiary/aromatic N) is 4. The van der Waals surface area contributed by atoms with Gasteiger partial charge in [0.1, 0.15) is 0 Å². The van der Waals surface area contributed by atoms with Gasteiger partial charge in [-0.3, -0.25) is 0 Å². The number of aromatic nitrogens is 2. The van der Waals surface area contributed by atoms with Gasteiger partial charge >= 0.3 is 640 Å². The Kier molecular flexibility index (Phi) is 11.7. The predicted octanol–water partition coefficient (Wildman–Crippen LogP) is 26.6. The van der Waals surface area contributed by atoms with E-state index in [2.05, 4.69) is 84.0 Å². The van der Waals surface area contributed by atoms with E-state index in [-0.39, 0.29) is 106 Å². The van der Waals surface area contributed by atoms with Gasteiger partial charge in [0.05, 0.1) is 0 Å². The van der Waals surface area contributed by atoms with Gasteiger partial charge in [-0.15, -0.1) is 0 Å². The van der Waals surface area contributed by atoms with Crippen LogP contribution in [0.5, 0.6) is 0 Å². The number of fused-ring (bicyclic) bond motifs is 14. The third kappa shape index (κ3) is 11.3. The summed E-state index contributed by atoms with van der Waals surface area (Å²) in [5, 5.41) is -0.233. The van der Waals surface area contributed by atoms with Crippen molar-refractivity contribution in [3.05, 3.63) is 381 Å². The minimum atomic E-state index is -1.64. The summed E-state index contributed by atoms with van der Waals surface area (Å²) in [6.07, 6.45) is 0. The maximum atomic E-state index is 12.2. The Hall–Kier alpha value is -12.7. The van der Waals surface area contributed by atoms with Gasteiger partial charge in [-0.2, -0.15) is 0 Å². The summed E-state index contributed by atoms with van der Waals surface area (Å²) >= 11 is -2.50. The van der Waals surface area contributed by atoms with Gasteiger partial charge in [-0.05, 0) is 17.2 Å². The Balaban J connectivity index is 1.02. The van der Waals surface area contributed by atoms with Gasteiger partial charge < -0.3 is 0 Å². The van der Waals surface area contributed by atoms with Crippen molar-refractivity contribution < 1.29 is 30.2 Å². The van der Waals surface area contributed by atoms with Gasteiger partial charge in [-0.25, -0.2) is 0 Å². The summed E-state index contributed by atoms with van der Waals surface area (Å²) in [5.41, 5.74) is 10.6. The van der Waals surface area contributed by atoms with Crippen LogP contribution < -0.4 is 26.2 Å². The second-order valence-corrected chi connectivity index (χ2v) is 35.6. The molecule has 0 atom stereocenters. The number of anilines is 6. The fourth-order valence-electron chi connectivity index (χ4n) is 17.1. The van der Waals surface area contributed by atoms with E-state index in [1.165, 1.54) is 9.13 Å². The first kappa shape index (κ1) is 49.7. The SMILES string of the molecule is [2H]c1c([2H])c(-n2c3[se]c4c([2H])c([2H])c([2H])c([2H])c4c3c3c([2H])c([2H])c([2H])c([2H])c32)c([2H])c2c1B1c3c(cc(-c4cc(-c5ccccc5)cc(-c5ccccc5)c4)cc3N(c3c(-c4ccccc4)cc(C(C)(C)C)cc3-c3ccccc3)c3c([2H])c(-n4c5[se]c6c([2H])c([2H])c([2H])c([2H])c6c5c5c([2H])c([2H])c([2H])c([2H])c54)c([2H])c([2H])c31)N2c1c(-c2ccccc2)cc(C(C)(C)C)cc1-c1ccccc1. The Morgan fingerprint density at radius 2 is 0.600 bits per heavy atom. The van der Waals surface area contributed by atoms with Gasteiger partial charge in [-0.1, -0.05) is 60.7 Å². The van der Waals surface area contributed by atoms with E-state index >= 15 is 0 Å². The Morgan fingerprint density at radius 3 is 0.948 bits per heavy atom. The molecule has 6 heterocycles. The van der Waals surface area contributed by atoms with Crippen molar-refractivity contribution in [2.24, 2.45) is 0 Å². The average molecular weight is 1620 g/mol. The molecule has 22 rings (SSSR count). The van der Waals surface area contributed by atoms with Crippen molar-refractivity contribution in [1.82, 2.24) is 9.13 Å². The summed E-state index contributed by atoms with van der Waals surface area (Å²) in [6.45, 7) is 11.1. The first-order valence-electron chi connectivity index (χ1n) is 49.3. The molecule has 20 aromatic rings. The molecular weight excluding hydrogens is 1520 g/mol. The molecule has 0 radical (unpaired) electrons. The van der Waals surface area contributed by atoms with Crippen LogP contribution in [0.3, 0.4) is 0 Å². The van der Waals surface area contributed by atoms with Crippen LogP contribution in [0.15, 0.2) is 370 Å². The fraction of sp³-hybridized carbons (Fsp3) is 0.0741. The topological polar surface area (TPSA) is 16.3 Å². The zero-order chi connectivity index (χ0) is 96.1. The molecule has 2 aliphatic heterocycles. The number of benzene rings is 16. The number of hydrogen-bond donors (Lipinski definition) is 0. The van der Waals surface area contributed by atoms with E-state index in [9.17, 15) is 27.4 Å². The molecule has 0 spiro atoms. The number of rotatable bonds is 11. The summed E-state index contributed by atoms with van der Waals surface area (Å²) < 4.78 is 228. The normalized spacial score (nSPS) is 15.4. The Labute approximate surface area is 714 Å². The van der Waals surface area contributed by atoms with Crippen molar-refractivity contribution in [1.29, 1.82) is 0 Å². The van der Waals surface area contributed by atoms with Crippen LogP contribution in [0.25, 0.3) is 150 Å². The molecule has 4 aromatic heterocycles. The van der Waals surface area contributed by atoms with Gasteiger partial charge in [0.25, 0.3) is 0 Å². The second-order valence-electron chi connectivity index (χ2n) is 31.4. The Morgan fingerprint density at radius 1 is 0.296 bits per heavy atom. The molecule has 546 valence electrons. The zero-order valence-electron chi connectivity index (χ0n) is 85.2. The van der Waals surface area contributed by atoms with Gasteiger partial charge in [0.2, 0.25) is 0 Å². The van der Waals surface area contributed by atoms with Crippen molar-refractivity contribution >= 4 is 147 Å². The van der Waals surface area contributed by atoms with Crippen LogP contribution in [0, 0.1) is 0 Å². The Bertz CT molecular complexity index is 8080.